The fraction of sp³-hybridized carbons (Fsp3) is 0.138. The highest BCUT2D eigenvalue weighted by Gasteiger charge is 2.23. The highest BCUT2D eigenvalue weighted by molar-refractivity contribution is 5.81. The SMILES string of the molecule is O=C(CC(c1ccccc1)c1ccc(F)cc1)CC(c1ccccc1)c1ccc(F)cc1. The highest BCUT2D eigenvalue weighted by Crippen LogP contribution is 2.33. The molecule has 0 aliphatic rings. The van der Waals surface area contributed by atoms with E-state index in [0.29, 0.717) is 12.8 Å². The van der Waals surface area contributed by atoms with Gasteiger partial charge in [0, 0.05) is 24.7 Å². The minimum absolute atomic E-state index is 0.0985. The third-order valence-electron chi connectivity index (χ3n) is 5.81. The van der Waals surface area contributed by atoms with Crippen molar-refractivity contribution in [3.63, 3.8) is 0 Å². The predicted molar refractivity (Wildman–Crippen MR) is 124 cm³/mol. The first-order valence-corrected chi connectivity index (χ1v) is 10.7. The lowest BCUT2D eigenvalue weighted by atomic mass is 9.82. The van der Waals surface area contributed by atoms with E-state index in [9.17, 15) is 13.6 Å². The van der Waals surface area contributed by atoms with Gasteiger partial charge < -0.3 is 0 Å². The molecular weight excluding hydrogens is 402 g/mol. The van der Waals surface area contributed by atoms with E-state index < -0.39 is 0 Å². The number of carbonyl (C=O) groups is 1. The molecule has 0 amide bonds. The molecule has 2 unspecified atom stereocenters. The van der Waals surface area contributed by atoms with Crippen LogP contribution in [0.4, 0.5) is 8.78 Å². The molecule has 1 nitrogen and oxygen atoms in total. The summed E-state index contributed by atoms with van der Waals surface area (Å²) in [6.45, 7) is 0. The molecule has 0 aliphatic heterocycles. The van der Waals surface area contributed by atoms with E-state index in [1.54, 1.807) is 24.3 Å². The summed E-state index contributed by atoms with van der Waals surface area (Å²) in [4.78, 5) is 13.3. The number of hydrogen-bond donors (Lipinski definition) is 0. The summed E-state index contributed by atoms with van der Waals surface area (Å²) in [6.07, 6.45) is 0.611. The van der Waals surface area contributed by atoms with Gasteiger partial charge >= 0.3 is 0 Å². The lowest BCUT2D eigenvalue weighted by molar-refractivity contribution is -0.119. The summed E-state index contributed by atoms with van der Waals surface area (Å²) in [7, 11) is 0. The summed E-state index contributed by atoms with van der Waals surface area (Å²) in [6, 6.07) is 32.3. The number of halogens is 2. The fourth-order valence-corrected chi connectivity index (χ4v) is 4.16. The van der Waals surface area contributed by atoms with E-state index in [1.165, 1.54) is 24.3 Å². The topological polar surface area (TPSA) is 17.1 Å². The number of ketones is 1. The van der Waals surface area contributed by atoms with Crippen LogP contribution in [-0.2, 0) is 4.79 Å². The molecular formula is C29H24F2O. The summed E-state index contributed by atoms with van der Waals surface area (Å²) in [5.74, 6) is -0.816. The van der Waals surface area contributed by atoms with Gasteiger partial charge in [-0.15, -0.1) is 0 Å². The van der Waals surface area contributed by atoms with Gasteiger partial charge in [0.05, 0.1) is 0 Å². The largest absolute Gasteiger partial charge is 0.300 e. The van der Waals surface area contributed by atoms with Crippen LogP contribution in [0.25, 0.3) is 0 Å². The Balaban J connectivity index is 1.61. The van der Waals surface area contributed by atoms with E-state index >= 15 is 0 Å². The molecule has 3 heteroatoms. The second-order valence-corrected chi connectivity index (χ2v) is 7.98. The average molecular weight is 427 g/mol. The van der Waals surface area contributed by atoms with Crippen LogP contribution in [0.5, 0.6) is 0 Å². The van der Waals surface area contributed by atoms with Crippen molar-refractivity contribution >= 4 is 5.78 Å². The van der Waals surface area contributed by atoms with Gasteiger partial charge in [0.1, 0.15) is 17.4 Å². The van der Waals surface area contributed by atoms with Gasteiger partial charge in [-0.25, -0.2) is 8.78 Å². The molecule has 0 saturated carbocycles. The monoisotopic (exact) mass is 426 g/mol. The molecule has 4 rings (SSSR count). The summed E-state index contributed by atoms with van der Waals surface area (Å²) in [5, 5.41) is 0. The predicted octanol–water partition coefficient (Wildman–Crippen LogP) is 7.28. The van der Waals surface area contributed by atoms with E-state index in [0.717, 1.165) is 22.3 Å². The van der Waals surface area contributed by atoms with Crippen molar-refractivity contribution in [1.82, 2.24) is 0 Å². The summed E-state index contributed by atoms with van der Waals surface area (Å²) >= 11 is 0. The van der Waals surface area contributed by atoms with E-state index in [1.807, 2.05) is 60.7 Å². The van der Waals surface area contributed by atoms with Gasteiger partial charge in [-0.05, 0) is 46.5 Å². The van der Waals surface area contributed by atoms with Crippen LogP contribution in [0.3, 0.4) is 0 Å². The standard InChI is InChI=1S/C29H24F2O/c30-25-15-11-23(12-16-25)28(21-7-3-1-4-8-21)19-27(32)20-29(22-9-5-2-6-10-22)24-13-17-26(31)18-14-24/h1-18,28-29H,19-20H2. The van der Waals surface area contributed by atoms with Gasteiger partial charge in [0.15, 0.2) is 0 Å². The molecule has 160 valence electrons. The van der Waals surface area contributed by atoms with Crippen LogP contribution in [0.2, 0.25) is 0 Å². The Morgan fingerprint density at radius 2 is 0.812 bits per heavy atom. The molecule has 2 atom stereocenters. The Kier molecular flexibility index (Phi) is 6.86. The first-order valence-electron chi connectivity index (χ1n) is 10.7. The molecule has 32 heavy (non-hydrogen) atoms. The van der Waals surface area contributed by atoms with Crippen LogP contribution in [-0.4, -0.2) is 5.78 Å². The molecule has 0 saturated heterocycles. The number of carbonyl (C=O) groups excluding carboxylic acids is 1. The minimum Gasteiger partial charge on any atom is -0.300 e. The Bertz CT molecular complexity index is 1040. The lowest BCUT2D eigenvalue weighted by Gasteiger charge is -2.21. The van der Waals surface area contributed by atoms with Gasteiger partial charge in [-0.1, -0.05) is 84.9 Å². The summed E-state index contributed by atoms with van der Waals surface area (Å²) < 4.78 is 27.0. The maximum atomic E-state index is 13.5. The molecule has 4 aromatic carbocycles. The number of rotatable bonds is 8. The molecule has 4 aromatic rings. The van der Waals surface area contributed by atoms with E-state index in [4.69, 9.17) is 0 Å². The first kappa shape index (κ1) is 21.6. The van der Waals surface area contributed by atoms with Crippen molar-refractivity contribution in [2.45, 2.75) is 24.7 Å². The zero-order valence-corrected chi connectivity index (χ0v) is 17.6. The quantitative estimate of drug-likeness (QED) is 0.289. The van der Waals surface area contributed by atoms with Crippen LogP contribution in [0, 0.1) is 11.6 Å². The zero-order valence-electron chi connectivity index (χ0n) is 17.6. The average Bonchev–Trinajstić information content (AvgIpc) is 2.83. The van der Waals surface area contributed by atoms with Gasteiger partial charge in [-0.3, -0.25) is 4.79 Å². The first-order chi connectivity index (χ1) is 15.6. The van der Waals surface area contributed by atoms with Crippen LogP contribution in [0.1, 0.15) is 46.9 Å². The second-order valence-electron chi connectivity index (χ2n) is 7.98. The van der Waals surface area contributed by atoms with Crippen molar-refractivity contribution in [1.29, 1.82) is 0 Å². The number of benzene rings is 4. The molecule has 0 radical (unpaired) electrons. The van der Waals surface area contributed by atoms with Gasteiger partial charge in [0.25, 0.3) is 0 Å². The molecule has 0 aliphatic carbocycles. The van der Waals surface area contributed by atoms with Crippen LogP contribution < -0.4 is 0 Å². The van der Waals surface area contributed by atoms with Crippen molar-refractivity contribution in [3.8, 4) is 0 Å². The van der Waals surface area contributed by atoms with Crippen molar-refractivity contribution in [2.24, 2.45) is 0 Å². The maximum Gasteiger partial charge on any atom is 0.134 e. The molecule has 0 heterocycles. The third-order valence-corrected chi connectivity index (χ3v) is 5.81. The Labute approximate surface area is 187 Å². The van der Waals surface area contributed by atoms with E-state index in [2.05, 4.69) is 0 Å². The zero-order chi connectivity index (χ0) is 22.3. The fourth-order valence-electron chi connectivity index (χ4n) is 4.16. The second kappa shape index (κ2) is 10.1. The van der Waals surface area contributed by atoms with Gasteiger partial charge in [0.2, 0.25) is 0 Å². The number of Topliss-reactive ketones (excluding diaryl/α,β-unsaturated/α-hetero) is 1. The molecule has 0 spiro atoms. The molecule has 0 N–H and O–H groups in total. The Morgan fingerprint density at radius 1 is 0.500 bits per heavy atom. The van der Waals surface area contributed by atoms with E-state index in [-0.39, 0.29) is 29.3 Å². The normalized spacial score (nSPS) is 12.8. The van der Waals surface area contributed by atoms with Crippen LogP contribution in [0.15, 0.2) is 109 Å². The van der Waals surface area contributed by atoms with Gasteiger partial charge in [-0.2, -0.15) is 0 Å². The van der Waals surface area contributed by atoms with Crippen molar-refractivity contribution in [2.75, 3.05) is 0 Å². The molecule has 0 aromatic heterocycles. The molecule has 0 bridgehead atoms. The lowest BCUT2D eigenvalue weighted by Crippen LogP contribution is -2.13. The van der Waals surface area contributed by atoms with Crippen molar-refractivity contribution < 1.29 is 13.6 Å². The summed E-state index contributed by atoms with van der Waals surface area (Å²) in [5.41, 5.74) is 3.85. The third kappa shape index (κ3) is 5.36. The highest BCUT2D eigenvalue weighted by atomic mass is 19.1. The number of hydrogen-bond acceptors (Lipinski definition) is 1. The van der Waals surface area contributed by atoms with Crippen LogP contribution >= 0.6 is 0 Å². The van der Waals surface area contributed by atoms with Crippen molar-refractivity contribution in [3.05, 3.63) is 143 Å². The molecule has 0 fully saturated rings. The smallest absolute Gasteiger partial charge is 0.134 e. The minimum atomic E-state index is -0.299. The Morgan fingerprint density at radius 3 is 1.16 bits per heavy atom. The Hall–Kier alpha value is -3.59. The maximum absolute atomic E-state index is 13.5.